The average molecular weight is 321 g/mol. The molecular formula is C10H11BrClN3S. The van der Waals surface area contributed by atoms with Gasteiger partial charge in [-0.05, 0) is 18.6 Å². The van der Waals surface area contributed by atoms with E-state index in [0.717, 1.165) is 23.0 Å². The van der Waals surface area contributed by atoms with E-state index in [0.29, 0.717) is 0 Å². The first kappa shape index (κ1) is 12.1. The van der Waals surface area contributed by atoms with Gasteiger partial charge in [0.1, 0.15) is 0 Å². The molecule has 3 nitrogen and oxygen atoms in total. The lowest BCUT2D eigenvalue weighted by Gasteiger charge is -1.99. The maximum Gasteiger partial charge on any atom is 0.0963 e. The van der Waals surface area contributed by atoms with Crippen molar-refractivity contribution in [3.8, 4) is 0 Å². The number of hydrogen-bond acceptors (Lipinski definition) is 3. The van der Waals surface area contributed by atoms with Crippen molar-refractivity contribution in [1.29, 1.82) is 0 Å². The third-order valence-corrected chi connectivity index (χ3v) is 4.51. The van der Waals surface area contributed by atoms with Crippen LogP contribution in [-0.4, -0.2) is 15.0 Å². The van der Waals surface area contributed by atoms with Crippen LogP contribution in [0.2, 0.25) is 4.34 Å². The number of thiophene rings is 1. The minimum Gasteiger partial charge on any atom is -0.247 e. The predicted octanol–water partition coefficient (Wildman–Crippen LogP) is 3.89. The Balaban J connectivity index is 2.08. The first-order valence-corrected chi connectivity index (χ1v) is 7.08. The van der Waals surface area contributed by atoms with Gasteiger partial charge in [0.05, 0.1) is 21.4 Å². The molecule has 0 bridgehead atoms. The molecule has 0 amide bonds. The molecule has 1 unspecified atom stereocenters. The molecule has 0 aliphatic carbocycles. The highest BCUT2D eigenvalue weighted by Gasteiger charge is 2.10. The molecule has 2 rings (SSSR count). The molecule has 0 aromatic carbocycles. The maximum atomic E-state index is 5.87. The van der Waals surface area contributed by atoms with E-state index in [-0.39, 0.29) is 4.83 Å². The van der Waals surface area contributed by atoms with E-state index in [9.17, 15) is 0 Å². The van der Waals surface area contributed by atoms with Crippen LogP contribution in [0.1, 0.15) is 28.7 Å². The van der Waals surface area contributed by atoms with Crippen LogP contribution in [0.3, 0.4) is 0 Å². The van der Waals surface area contributed by atoms with Gasteiger partial charge in [-0.2, -0.15) is 0 Å². The van der Waals surface area contributed by atoms with E-state index in [1.54, 1.807) is 11.3 Å². The molecule has 86 valence electrons. The molecule has 2 heterocycles. The van der Waals surface area contributed by atoms with E-state index in [4.69, 9.17) is 11.6 Å². The fraction of sp³-hybridized carbons (Fsp3) is 0.400. The van der Waals surface area contributed by atoms with E-state index in [1.807, 2.05) is 23.0 Å². The second-order valence-corrected chi connectivity index (χ2v) is 6.33. The summed E-state index contributed by atoms with van der Waals surface area (Å²) < 4.78 is 2.64. The van der Waals surface area contributed by atoms with E-state index in [1.165, 1.54) is 4.88 Å². The Hall–Kier alpha value is -0.390. The summed E-state index contributed by atoms with van der Waals surface area (Å²) in [4.78, 5) is 1.47. The second-order valence-electron chi connectivity index (χ2n) is 3.42. The molecule has 2 aromatic heterocycles. The normalized spacial score (nSPS) is 12.9. The highest BCUT2D eigenvalue weighted by molar-refractivity contribution is 9.09. The Labute approximate surface area is 112 Å². The van der Waals surface area contributed by atoms with E-state index in [2.05, 4.69) is 33.2 Å². The molecule has 0 spiro atoms. The molecule has 0 radical (unpaired) electrons. The fourth-order valence-electron chi connectivity index (χ4n) is 1.34. The van der Waals surface area contributed by atoms with E-state index < -0.39 is 0 Å². The van der Waals surface area contributed by atoms with Gasteiger partial charge in [-0.15, -0.1) is 16.4 Å². The van der Waals surface area contributed by atoms with Crippen molar-refractivity contribution in [3.63, 3.8) is 0 Å². The van der Waals surface area contributed by atoms with Crippen LogP contribution in [-0.2, 0) is 6.54 Å². The van der Waals surface area contributed by atoms with Gasteiger partial charge in [0.15, 0.2) is 0 Å². The summed E-state index contributed by atoms with van der Waals surface area (Å²) in [6, 6.07) is 3.92. The first-order chi connectivity index (χ1) is 7.69. The third-order valence-electron chi connectivity index (χ3n) is 2.18. The Bertz CT molecular complexity index is 468. The highest BCUT2D eigenvalue weighted by Crippen LogP contribution is 2.25. The number of hydrogen-bond donors (Lipinski definition) is 0. The standard InChI is InChI=1S/C10H11BrClN3S/c1-2-8(11)9-6-15(14-13-9)5-7-3-4-10(12)16-7/h3-4,6,8H,2,5H2,1H3. The van der Waals surface area contributed by atoms with Gasteiger partial charge in [0.25, 0.3) is 0 Å². The van der Waals surface area contributed by atoms with Gasteiger partial charge in [0, 0.05) is 11.1 Å². The van der Waals surface area contributed by atoms with E-state index >= 15 is 0 Å². The van der Waals surface area contributed by atoms with Crippen LogP contribution in [0.4, 0.5) is 0 Å². The van der Waals surface area contributed by atoms with Crippen molar-refractivity contribution in [2.24, 2.45) is 0 Å². The number of nitrogens with zero attached hydrogens (tertiary/aromatic N) is 3. The second kappa shape index (κ2) is 5.29. The minimum atomic E-state index is 0.285. The zero-order chi connectivity index (χ0) is 11.5. The molecule has 0 N–H and O–H groups in total. The van der Waals surface area contributed by atoms with Crippen LogP contribution < -0.4 is 0 Å². The fourth-order valence-corrected chi connectivity index (χ4v) is 2.63. The van der Waals surface area contributed by atoms with Crippen molar-refractivity contribution < 1.29 is 0 Å². The zero-order valence-corrected chi connectivity index (χ0v) is 11.9. The minimum absolute atomic E-state index is 0.285. The SMILES string of the molecule is CCC(Br)c1cn(Cc2ccc(Cl)s2)nn1. The molecule has 0 aliphatic heterocycles. The molecule has 0 aliphatic rings. The summed E-state index contributed by atoms with van der Waals surface area (Å²) in [5.74, 6) is 0. The first-order valence-electron chi connectivity index (χ1n) is 4.97. The topological polar surface area (TPSA) is 30.7 Å². The number of alkyl halides is 1. The monoisotopic (exact) mass is 319 g/mol. The maximum absolute atomic E-state index is 5.87. The highest BCUT2D eigenvalue weighted by atomic mass is 79.9. The summed E-state index contributed by atoms with van der Waals surface area (Å²) >= 11 is 11.0. The molecule has 0 saturated carbocycles. The van der Waals surface area contributed by atoms with Crippen LogP contribution in [0, 0.1) is 0 Å². The summed E-state index contributed by atoms with van der Waals surface area (Å²) in [7, 11) is 0. The number of halogens is 2. The van der Waals surface area contributed by atoms with Crippen molar-refractivity contribution in [1.82, 2.24) is 15.0 Å². The molecule has 16 heavy (non-hydrogen) atoms. The zero-order valence-electron chi connectivity index (χ0n) is 8.73. The van der Waals surface area contributed by atoms with Crippen LogP contribution in [0.25, 0.3) is 0 Å². The predicted molar refractivity (Wildman–Crippen MR) is 70.4 cm³/mol. The summed E-state index contributed by atoms with van der Waals surface area (Å²) in [6.45, 7) is 2.84. The van der Waals surface area contributed by atoms with Crippen molar-refractivity contribution in [2.45, 2.75) is 24.7 Å². The van der Waals surface area contributed by atoms with Crippen molar-refractivity contribution >= 4 is 38.9 Å². The lowest BCUT2D eigenvalue weighted by molar-refractivity contribution is 0.655. The van der Waals surface area contributed by atoms with Gasteiger partial charge >= 0.3 is 0 Å². The third kappa shape index (κ3) is 2.84. The quantitative estimate of drug-likeness (QED) is 0.800. The van der Waals surface area contributed by atoms with Crippen LogP contribution in [0.5, 0.6) is 0 Å². The van der Waals surface area contributed by atoms with Crippen molar-refractivity contribution in [2.75, 3.05) is 0 Å². The molecule has 1 atom stereocenters. The molecule has 6 heteroatoms. The van der Waals surface area contributed by atoms with Gasteiger partial charge in [0.2, 0.25) is 0 Å². The molecule has 0 fully saturated rings. The number of aromatic nitrogens is 3. The molecule has 2 aromatic rings. The summed E-state index contributed by atoms with van der Waals surface area (Å²) in [5.41, 5.74) is 0.977. The van der Waals surface area contributed by atoms with Gasteiger partial charge < -0.3 is 0 Å². The Kier molecular flexibility index (Phi) is 4.00. The molecular weight excluding hydrogens is 310 g/mol. The lowest BCUT2D eigenvalue weighted by atomic mass is 10.3. The average Bonchev–Trinajstić information content (AvgIpc) is 2.87. The van der Waals surface area contributed by atoms with Crippen LogP contribution >= 0.6 is 38.9 Å². The van der Waals surface area contributed by atoms with Crippen LogP contribution in [0.15, 0.2) is 18.3 Å². The van der Waals surface area contributed by atoms with Gasteiger partial charge in [-0.3, -0.25) is 0 Å². The van der Waals surface area contributed by atoms with Crippen molar-refractivity contribution in [3.05, 3.63) is 33.2 Å². The van der Waals surface area contributed by atoms with Gasteiger partial charge in [-0.1, -0.05) is 39.7 Å². The smallest absolute Gasteiger partial charge is 0.0963 e. The Morgan fingerprint density at radius 3 is 3.00 bits per heavy atom. The largest absolute Gasteiger partial charge is 0.247 e. The van der Waals surface area contributed by atoms with Gasteiger partial charge in [-0.25, -0.2) is 4.68 Å². The summed E-state index contributed by atoms with van der Waals surface area (Å²) in [6.07, 6.45) is 2.97. The summed E-state index contributed by atoms with van der Waals surface area (Å²) in [5, 5.41) is 8.22. The Morgan fingerprint density at radius 1 is 1.56 bits per heavy atom. The Morgan fingerprint density at radius 2 is 2.38 bits per heavy atom. The molecule has 0 saturated heterocycles. The number of rotatable bonds is 4. The lowest BCUT2D eigenvalue weighted by Crippen LogP contribution is -1.98.